The molecule has 2 aromatic carbocycles. The lowest BCUT2D eigenvalue weighted by atomic mass is 10.0. The topological polar surface area (TPSA) is 37.4 Å². The Hall–Kier alpha value is -2.68. The number of ketones is 1. The van der Waals surface area contributed by atoms with Gasteiger partial charge in [0.2, 0.25) is 5.91 Å². The van der Waals surface area contributed by atoms with Gasteiger partial charge < -0.3 is 4.90 Å². The normalized spacial score (nSPS) is 10.6. The lowest BCUT2D eigenvalue weighted by Crippen LogP contribution is -2.24. The van der Waals surface area contributed by atoms with E-state index >= 15 is 0 Å². The first kappa shape index (κ1) is 15.7. The molecule has 0 N–H and O–H groups in total. The number of amides is 1. The van der Waals surface area contributed by atoms with Crippen LogP contribution in [0.15, 0.2) is 66.7 Å². The summed E-state index contributed by atoms with van der Waals surface area (Å²) in [4.78, 5) is 25.2. The SMILES string of the molecule is CCN(C)C(=O)/C=C/C(=O)c1ccc(-c2ccccc2)cc1. The number of allylic oxidation sites excluding steroid dienone is 1. The van der Waals surface area contributed by atoms with Crippen molar-refractivity contribution in [3.05, 3.63) is 72.3 Å². The van der Waals surface area contributed by atoms with Crippen molar-refractivity contribution in [3.63, 3.8) is 0 Å². The molecule has 0 atom stereocenters. The van der Waals surface area contributed by atoms with Crippen molar-refractivity contribution in [3.8, 4) is 11.1 Å². The Labute approximate surface area is 130 Å². The van der Waals surface area contributed by atoms with E-state index in [-0.39, 0.29) is 11.7 Å². The van der Waals surface area contributed by atoms with Gasteiger partial charge in [0.05, 0.1) is 0 Å². The Morgan fingerprint density at radius 3 is 2.09 bits per heavy atom. The number of carbonyl (C=O) groups excluding carboxylic acids is 2. The maximum Gasteiger partial charge on any atom is 0.246 e. The zero-order valence-corrected chi connectivity index (χ0v) is 12.8. The maximum absolute atomic E-state index is 12.1. The van der Waals surface area contributed by atoms with Crippen LogP contribution in [0.1, 0.15) is 17.3 Å². The Kier molecular flexibility index (Phi) is 5.26. The second-order valence-corrected chi connectivity index (χ2v) is 4.99. The van der Waals surface area contributed by atoms with E-state index in [2.05, 4.69) is 0 Å². The van der Waals surface area contributed by atoms with Crippen LogP contribution in [-0.4, -0.2) is 30.2 Å². The lowest BCUT2D eigenvalue weighted by Gasteiger charge is -2.10. The second-order valence-electron chi connectivity index (χ2n) is 4.99. The third kappa shape index (κ3) is 3.92. The Balaban J connectivity index is 2.09. The van der Waals surface area contributed by atoms with Crippen LogP contribution in [0.3, 0.4) is 0 Å². The van der Waals surface area contributed by atoms with E-state index < -0.39 is 0 Å². The molecule has 1 amide bonds. The van der Waals surface area contributed by atoms with Gasteiger partial charge in [-0.3, -0.25) is 9.59 Å². The molecule has 112 valence electrons. The molecule has 0 bridgehead atoms. The molecular formula is C19H19NO2. The molecule has 0 heterocycles. The summed E-state index contributed by atoms with van der Waals surface area (Å²) in [5.41, 5.74) is 2.74. The van der Waals surface area contributed by atoms with Crippen LogP contribution in [0.25, 0.3) is 11.1 Å². The fourth-order valence-corrected chi connectivity index (χ4v) is 1.98. The fraction of sp³-hybridized carbons (Fsp3) is 0.158. The molecular weight excluding hydrogens is 274 g/mol. The van der Waals surface area contributed by atoms with Crippen LogP contribution in [-0.2, 0) is 4.79 Å². The summed E-state index contributed by atoms with van der Waals surface area (Å²) < 4.78 is 0. The molecule has 0 spiro atoms. The molecule has 0 saturated carbocycles. The molecule has 0 aromatic heterocycles. The van der Waals surface area contributed by atoms with Crippen LogP contribution >= 0.6 is 0 Å². The van der Waals surface area contributed by atoms with Crippen molar-refractivity contribution in [2.45, 2.75) is 6.92 Å². The highest BCUT2D eigenvalue weighted by atomic mass is 16.2. The largest absolute Gasteiger partial charge is 0.343 e. The number of carbonyl (C=O) groups is 2. The van der Waals surface area contributed by atoms with Gasteiger partial charge in [0.25, 0.3) is 0 Å². The van der Waals surface area contributed by atoms with Crippen LogP contribution < -0.4 is 0 Å². The van der Waals surface area contributed by atoms with E-state index in [1.807, 2.05) is 49.4 Å². The molecule has 0 fully saturated rings. The zero-order valence-electron chi connectivity index (χ0n) is 12.8. The second kappa shape index (κ2) is 7.36. The first-order valence-corrected chi connectivity index (χ1v) is 7.25. The predicted octanol–water partition coefficient (Wildman–Crippen LogP) is 3.57. The third-order valence-corrected chi connectivity index (χ3v) is 3.50. The van der Waals surface area contributed by atoms with Crippen LogP contribution in [0.4, 0.5) is 0 Å². The van der Waals surface area contributed by atoms with E-state index in [1.54, 1.807) is 24.1 Å². The summed E-state index contributed by atoms with van der Waals surface area (Å²) in [5.74, 6) is -0.339. The highest BCUT2D eigenvalue weighted by molar-refractivity contribution is 6.07. The van der Waals surface area contributed by atoms with Gasteiger partial charge in [-0.1, -0.05) is 54.6 Å². The zero-order chi connectivity index (χ0) is 15.9. The van der Waals surface area contributed by atoms with Gasteiger partial charge in [-0.25, -0.2) is 0 Å². The van der Waals surface area contributed by atoms with E-state index in [0.717, 1.165) is 11.1 Å². The number of hydrogen-bond donors (Lipinski definition) is 0. The predicted molar refractivity (Wildman–Crippen MR) is 88.7 cm³/mol. The van der Waals surface area contributed by atoms with Gasteiger partial charge in [-0.05, 0) is 24.1 Å². The summed E-state index contributed by atoms with van der Waals surface area (Å²) in [5, 5.41) is 0. The summed E-state index contributed by atoms with van der Waals surface area (Å²) >= 11 is 0. The van der Waals surface area contributed by atoms with Gasteiger partial charge in [0, 0.05) is 25.2 Å². The minimum Gasteiger partial charge on any atom is -0.343 e. The molecule has 0 unspecified atom stereocenters. The molecule has 2 rings (SSSR count). The molecule has 0 saturated heterocycles. The molecule has 0 aliphatic heterocycles. The molecule has 0 radical (unpaired) electrons. The quantitative estimate of drug-likeness (QED) is 0.624. The van der Waals surface area contributed by atoms with Crippen LogP contribution in [0, 0.1) is 0 Å². The Morgan fingerprint density at radius 1 is 0.909 bits per heavy atom. The third-order valence-electron chi connectivity index (χ3n) is 3.50. The minimum atomic E-state index is -0.170. The molecule has 3 heteroatoms. The van der Waals surface area contributed by atoms with Crippen molar-refractivity contribution in [2.75, 3.05) is 13.6 Å². The van der Waals surface area contributed by atoms with Crippen molar-refractivity contribution >= 4 is 11.7 Å². The van der Waals surface area contributed by atoms with Crippen molar-refractivity contribution < 1.29 is 9.59 Å². The number of nitrogens with zero attached hydrogens (tertiary/aromatic N) is 1. The van der Waals surface area contributed by atoms with E-state index in [0.29, 0.717) is 12.1 Å². The smallest absolute Gasteiger partial charge is 0.246 e. The number of benzene rings is 2. The van der Waals surface area contributed by atoms with Gasteiger partial charge in [0.15, 0.2) is 5.78 Å². The summed E-state index contributed by atoms with van der Waals surface area (Å²) in [6.07, 6.45) is 2.64. The number of rotatable bonds is 5. The first-order valence-electron chi connectivity index (χ1n) is 7.25. The molecule has 0 aliphatic carbocycles. The summed E-state index contributed by atoms with van der Waals surface area (Å²) in [7, 11) is 1.70. The number of likely N-dealkylation sites (N-methyl/N-ethyl adjacent to an activating group) is 1. The van der Waals surface area contributed by atoms with Gasteiger partial charge >= 0.3 is 0 Å². The van der Waals surface area contributed by atoms with E-state index in [4.69, 9.17) is 0 Å². The molecule has 0 aliphatic rings. The van der Waals surface area contributed by atoms with E-state index in [9.17, 15) is 9.59 Å². The average molecular weight is 293 g/mol. The van der Waals surface area contributed by atoms with Crippen molar-refractivity contribution in [1.82, 2.24) is 4.90 Å². The van der Waals surface area contributed by atoms with Crippen LogP contribution in [0.5, 0.6) is 0 Å². The number of hydrogen-bond acceptors (Lipinski definition) is 2. The maximum atomic E-state index is 12.1. The minimum absolute atomic E-state index is 0.169. The first-order chi connectivity index (χ1) is 10.6. The monoisotopic (exact) mass is 293 g/mol. The molecule has 22 heavy (non-hydrogen) atoms. The lowest BCUT2D eigenvalue weighted by molar-refractivity contribution is -0.124. The van der Waals surface area contributed by atoms with Crippen molar-refractivity contribution in [1.29, 1.82) is 0 Å². The van der Waals surface area contributed by atoms with Gasteiger partial charge in [-0.2, -0.15) is 0 Å². The Bertz CT molecular complexity index is 672. The average Bonchev–Trinajstić information content (AvgIpc) is 2.59. The molecule has 2 aromatic rings. The van der Waals surface area contributed by atoms with Crippen LogP contribution in [0.2, 0.25) is 0 Å². The standard InChI is InChI=1S/C19H19NO2/c1-3-20(2)19(22)14-13-18(21)17-11-9-16(10-12-17)15-7-5-4-6-8-15/h4-14H,3H2,1-2H3/b14-13+. The van der Waals surface area contributed by atoms with E-state index in [1.165, 1.54) is 12.2 Å². The van der Waals surface area contributed by atoms with Crippen molar-refractivity contribution in [2.24, 2.45) is 0 Å². The van der Waals surface area contributed by atoms with Gasteiger partial charge in [-0.15, -0.1) is 0 Å². The highest BCUT2D eigenvalue weighted by Gasteiger charge is 2.05. The summed E-state index contributed by atoms with van der Waals surface area (Å²) in [6.45, 7) is 2.50. The Morgan fingerprint density at radius 2 is 1.50 bits per heavy atom. The molecule has 3 nitrogen and oxygen atoms in total. The fourth-order valence-electron chi connectivity index (χ4n) is 1.98. The summed E-state index contributed by atoms with van der Waals surface area (Å²) in [6, 6.07) is 17.4. The highest BCUT2D eigenvalue weighted by Crippen LogP contribution is 2.19. The van der Waals surface area contributed by atoms with Gasteiger partial charge in [0.1, 0.15) is 0 Å².